The molecule has 2 rings (SSSR count). The largest absolute Gasteiger partial charge is 0.469 e. The molecule has 0 aromatic carbocycles. The minimum absolute atomic E-state index is 0.0659. The van der Waals surface area contributed by atoms with Crippen molar-refractivity contribution in [2.75, 3.05) is 0 Å². The molecule has 0 radical (unpaired) electrons. The maximum absolute atomic E-state index is 10.9. The Morgan fingerprint density at radius 1 is 1.41 bits per heavy atom. The Bertz CT molecular complexity index is 419. The number of ether oxygens (including phenoxy) is 1. The van der Waals surface area contributed by atoms with Gasteiger partial charge in [-0.1, -0.05) is 6.42 Å². The highest BCUT2D eigenvalue weighted by molar-refractivity contribution is 9.10. The monoisotopic (exact) mass is 300 g/mol. The summed E-state index contributed by atoms with van der Waals surface area (Å²) in [6.45, 7) is 0. The summed E-state index contributed by atoms with van der Waals surface area (Å²) in [7, 11) is 0. The topological polar surface area (TPSA) is 65.3 Å². The number of aromatic nitrogens is 1. The van der Waals surface area contributed by atoms with E-state index in [4.69, 9.17) is 4.74 Å². The Morgan fingerprint density at radius 2 is 2.12 bits per heavy atom. The molecular formula is C11H13BrN2O3. The third kappa shape index (κ3) is 3.15. The van der Waals surface area contributed by atoms with Crippen LogP contribution < -0.4 is 4.74 Å². The summed E-state index contributed by atoms with van der Waals surface area (Å²) >= 11 is 3.17. The third-order valence-electron chi connectivity index (χ3n) is 2.83. The van der Waals surface area contributed by atoms with E-state index in [0.29, 0.717) is 4.47 Å². The van der Waals surface area contributed by atoms with E-state index in [1.807, 2.05) is 0 Å². The number of nitro groups is 1. The van der Waals surface area contributed by atoms with Crippen molar-refractivity contribution in [3.8, 4) is 5.88 Å². The Kier molecular flexibility index (Phi) is 3.93. The van der Waals surface area contributed by atoms with Crippen molar-refractivity contribution in [2.24, 2.45) is 0 Å². The minimum atomic E-state index is -0.462. The zero-order chi connectivity index (χ0) is 12.3. The Morgan fingerprint density at radius 3 is 2.76 bits per heavy atom. The molecule has 6 heteroatoms. The van der Waals surface area contributed by atoms with E-state index in [-0.39, 0.29) is 17.7 Å². The number of hydrogen-bond acceptors (Lipinski definition) is 4. The van der Waals surface area contributed by atoms with Crippen molar-refractivity contribution in [1.82, 2.24) is 4.98 Å². The van der Waals surface area contributed by atoms with Gasteiger partial charge in [-0.2, -0.15) is 0 Å². The Hall–Kier alpha value is -1.17. The molecule has 17 heavy (non-hydrogen) atoms. The smallest absolute Gasteiger partial charge is 0.332 e. The number of rotatable bonds is 3. The average Bonchev–Trinajstić information content (AvgIpc) is 2.32. The molecule has 92 valence electrons. The average molecular weight is 301 g/mol. The van der Waals surface area contributed by atoms with E-state index in [1.54, 1.807) is 0 Å². The quantitative estimate of drug-likeness (QED) is 0.633. The molecule has 5 nitrogen and oxygen atoms in total. The van der Waals surface area contributed by atoms with Gasteiger partial charge in [-0.05, 0) is 41.6 Å². The van der Waals surface area contributed by atoms with Gasteiger partial charge in [0.05, 0.1) is 4.92 Å². The van der Waals surface area contributed by atoms with E-state index in [9.17, 15) is 10.1 Å². The fourth-order valence-electron chi connectivity index (χ4n) is 1.98. The summed E-state index contributed by atoms with van der Waals surface area (Å²) in [5, 5.41) is 10.9. The lowest BCUT2D eigenvalue weighted by molar-refractivity contribution is -0.386. The standard InChI is InChI=1S/C11H13BrN2O3/c12-8-6-10(14(15)16)11(13-7-8)17-9-4-2-1-3-5-9/h6-7,9H,1-5H2. The second-order valence-corrected chi connectivity index (χ2v) is 5.03. The molecule has 1 aliphatic rings. The number of nitrogens with zero attached hydrogens (tertiary/aromatic N) is 2. The van der Waals surface area contributed by atoms with E-state index < -0.39 is 4.92 Å². The van der Waals surface area contributed by atoms with Gasteiger partial charge in [0.2, 0.25) is 0 Å². The van der Waals surface area contributed by atoms with Crippen LogP contribution in [0, 0.1) is 10.1 Å². The number of hydrogen-bond donors (Lipinski definition) is 0. The molecule has 0 aliphatic heterocycles. The SMILES string of the molecule is O=[N+]([O-])c1cc(Br)cnc1OC1CCCCC1. The Balaban J connectivity index is 2.16. The zero-order valence-electron chi connectivity index (χ0n) is 9.26. The highest BCUT2D eigenvalue weighted by atomic mass is 79.9. The van der Waals surface area contributed by atoms with Crippen LogP contribution in [0.1, 0.15) is 32.1 Å². The van der Waals surface area contributed by atoms with Crippen LogP contribution in [-0.2, 0) is 0 Å². The molecule has 0 amide bonds. The number of pyridine rings is 1. The molecule has 0 unspecified atom stereocenters. The second kappa shape index (κ2) is 5.44. The van der Waals surface area contributed by atoms with Crippen molar-refractivity contribution in [1.29, 1.82) is 0 Å². The molecule has 1 aromatic heterocycles. The fourth-order valence-corrected chi connectivity index (χ4v) is 2.30. The molecule has 1 fully saturated rings. The minimum Gasteiger partial charge on any atom is -0.469 e. The highest BCUT2D eigenvalue weighted by Gasteiger charge is 2.22. The lowest BCUT2D eigenvalue weighted by Crippen LogP contribution is -2.20. The lowest BCUT2D eigenvalue weighted by Gasteiger charge is -2.22. The first-order chi connectivity index (χ1) is 8.16. The molecule has 0 saturated heterocycles. The zero-order valence-corrected chi connectivity index (χ0v) is 10.9. The molecule has 1 aliphatic carbocycles. The van der Waals surface area contributed by atoms with Crippen LogP contribution >= 0.6 is 15.9 Å². The van der Waals surface area contributed by atoms with E-state index in [2.05, 4.69) is 20.9 Å². The van der Waals surface area contributed by atoms with E-state index in [1.165, 1.54) is 18.7 Å². The molecule has 1 aromatic rings. The van der Waals surface area contributed by atoms with Crippen LogP contribution in [0.5, 0.6) is 5.88 Å². The normalized spacial score (nSPS) is 16.8. The van der Waals surface area contributed by atoms with Crippen LogP contribution in [0.2, 0.25) is 0 Å². The van der Waals surface area contributed by atoms with Crippen LogP contribution in [0.25, 0.3) is 0 Å². The van der Waals surface area contributed by atoms with Crippen LogP contribution in [0.3, 0.4) is 0 Å². The first-order valence-electron chi connectivity index (χ1n) is 5.63. The molecule has 0 bridgehead atoms. The predicted molar refractivity (Wildman–Crippen MR) is 66.1 cm³/mol. The van der Waals surface area contributed by atoms with Gasteiger partial charge < -0.3 is 4.74 Å². The van der Waals surface area contributed by atoms with Crippen LogP contribution in [-0.4, -0.2) is 16.0 Å². The lowest BCUT2D eigenvalue weighted by atomic mass is 9.98. The number of halogens is 1. The second-order valence-electron chi connectivity index (χ2n) is 4.11. The molecule has 0 N–H and O–H groups in total. The van der Waals surface area contributed by atoms with Crippen LogP contribution in [0.15, 0.2) is 16.7 Å². The summed E-state index contributed by atoms with van der Waals surface area (Å²) in [5.41, 5.74) is -0.0788. The van der Waals surface area contributed by atoms with Crippen molar-refractivity contribution in [3.05, 3.63) is 26.9 Å². The van der Waals surface area contributed by atoms with Gasteiger partial charge in [0.1, 0.15) is 6.10 Å². The molecule has 0 atom stereocenters. The summed E-state index contributed by atoms with van der Waals surface area (Å²) in [6.07, 6.45) is 6.95. The Labute approximate surface area is 107 Å². The molecule has 1 saturated carbocycles. The summed E-state index contributed by atoms with van der Waals surface area (Å²) < 4.78 is 6.21. The van der Waals surface area contributed by atoms with Gasteiger partial charge in [0, 0.05) is 16.7 Å². The maximum Gasteiger partial charge on any atom is 0.332 e. The van der Waals surface area contributed by atoms with Gasteiger partial charge in [0.25, 0.3) is 5.88 Å². The highest BCUT2D eigenvalue weighted by Crippen LogP contribution is 2.30. The van der Waals surface area contributed by atoms with Crippen molar-refractivity contribution in [3.63, 3.8) is 0 Å². The maximum atomic E-state index is 10.9. The van der Waals surface area contributed by atoms with E-state index >= 15 is 0 Å². The first-order valence-corrected chi connectivity index (χ1v) is 6.42. The summed E-state index contributed by atoms with van der Waals surface area (Å²) in [6, 6.07) is 1.42. The third-order valence-corrected chi connectivity index (χ3v) is 3.26. The molecule has 1 heterocycles. The van der Waals surface area contributed by atoms with Gasteiger partial charge >= 0.3 is 5.69 Å². The first kappa shape index (κ1) is 12.3. The van der Waals surface area contributed by atoms with Gasteiger partial charge in [0.15, 0.2) is 0 Å². The predicted octanol–water partition coefficient (Wildman–Crippen LogP) is 3.46. The van der Waals surface area contributed by atoms with E-state index in [0.717, 1.165) is 25.7 Å². The molecular weight excluding hydrogens is 288 g/mol. The van der Waals surface area contributed by atoms with Gasteiger partial charge in [-0.3, -0.25) is 10.1 Å². The van der Waals surface area contributed by atoms with Crippen molar-refractivity contribution >= 4 is 21.6 Å². The fraction of sp³-hybridized carbons (Fsp3) is 0.545. The summed E-state index contributed by atoms with van der Waals surface area (Å²) in [5.74, 6) is 0.130. The summed E-state index contributed by atoms with van der Waals surface area (Å²) in [4.78, 5) is 14.4. The van der Waals surface area contributed by atoms with Gasteiger partial charge in [-0.25, -0.2) is 4.98 Å². The van der Waals surface area contributed by atoms with Crippen LogP contribution in [0.4, 0.5) is 5.69 Å². The van der Waals surface area contributed by atoms with Crippen molar-refractivity contribution < 1.29 is 9.66 Å². The molecule has 0 spiro atoms. The van der Waals surface area contributed by atoms with Gasteiger partial charge in [-0.15, -0.1) is 0 Å². The van der Waals surface area contributed by atoms with Crippen molar-refractivity contribution in [2.45, 2.75) is 38.2 Å².